The highest BCUT2D eigenvalue weighted by molar-refractivity contribution is 5.77. The lowest BCUT2D eigenvalue weighted by Crippen LogP contribution is -2.37. The number of hydrogen-bond donors (Lipinski definition) is 3. The van der Waals surface area contributed by atoms with Gasteiger partial charge in [-0.3, -0.25) is 9.59 Å². The summed E-state index contributed by atoms with van der Waals surface area (Å²) in [6, 6.07) is -0.250. The number of aliphatic hydroxyl groups excluding tert-OH is 2. The van der Waals surface area contributed by atoms with Gasteiger partial charge in [-0.2, -0.15) is 0 Å². The Bertz CT molecular complexity index is 419. The van der Waals surface area contributed by atoms with Crippen molar-refractivity contribution in [3.05, 3.63) is 0 Å². The summed E-state index contributed by atoms with van der Waals surface area (Å²) in [4.78, 5) is 25.1. The summed E-state index contributed by atoms with van der Waals surface area (Å²) >= 11 is 0. The predicted molar refractivity (Wildman–Crippen MR) is 87.4 cm³/mol. The summed E-state index contributed by atoms with van der Waals surface area (Å²) < 4.78 is 0. The van der Waals surface area contributed by atoms with Gasteiger partial charge in [-0.1, -0.05) is 6.42 Å². The molecule has 0 unspecified atom stereocenters. The van der Waals surface area contributed by atoms with Gasteiger partial charge < -0.3 is 20.4 Å². The molecule has 1 saturated heterocycles. The third kappa shape index (κ3) is 7.49. The van der Waals surface area contributed by atoms with E-state index in [9.17, 15) is 19.8 Å². The molecule has 23 heavy (non-hydrogen) atoms. The summed E-state index contributed by atoms with van der Waals surface area (Å²) in [6.07, 6.45) is 9.70. The first-order chi connectivity index (χ1) is 11.1. The first-order valence-corrected chi connectivity index (χ1v) is 8.37. The fourth-order valence-corrected chi connectivity index (χ4v) is 2.76. The second kappa shape index (κ2) is 11.0. The van der Waals surface area contributed by atoms with Gasteiger partial charge in [0.05, 0.1) is 18.8 Å². The van der Waals surface area contributed by atoms with Gasteiger partial charge in [0.2, 0.25) is 11.8 Å². The number of carbonyl (C=O) groups is 2. The van der Waals surface area contributed by atoms with Crippen LogP contribution in [0, 0.1) is 12.3 Å². The maximum Gasteiger partial charge on any atom is 0.222 e. The largest absolute Gasteiger partial charge is 0.394 e. The number of terminal acetylenes is 1. The fourth-order valence-electron chi connectivity index (χ4n) is 2.76. The number of carbonyl (C=O) groups excluding carboxylic acids is 2. The van der Waals surface area contributed by atoms with Gasteiger partial charge in [0, 0.05) is 32.4 Å². The Morgan fingerprint density at radius 1 is 1.22 bits per heavy atom. The first kappa shape index (κ1) is 19.5. The van der Waals surface area contributed by atoms with Crippen LogP contribution in [0.2, 0.25) is 0 Å². The smallest absolute Gasteiger partial charge is 0.222 e. The van der Waals surface area contributed by atoms with Crippen molar-refractivity contribution in [2.24, 2.45) is 0 Å². The second-order valence-corrected chi connectivity index (χ2v) is 5.99. The molecule has 6 nitrogen and oxygen atoms in total. The van der Waals surface area contributed by atoms with Crippen LogP contribution in [0.25, 0.3) is 0 Å². The molecule has 0 aromatic rings. The lowest BCUT2D eigenvalue weighted by molar-refractivity contribution is -0.133. The molecule has 2 atom stereocenters. The van der Waals surface area contributed by atoms with Gasteiger partial charge in [0.15, 0.2) is 0 Å². The minimum absolute atomic E-state index is 0.0149. The molecular weight excluding hydrogens is 296 g/mol. The molecule has 130 valence electrons. The number of β-amino-alcohol motifs (C(OH)–C–C–N with tert-alkyl or cyclic N) is 1. The topological polar surface area (TPSA) is 89.9 Å². The van der Waals surface area contributed by atoms with Gasteiger partial charge in [0.1, 0.15) is 0 Å². The third-order valence-corrected chi connectivity index (χ3v) is 4.04. The highest BCUT2D eigenvalue weighted by Gasteiger charge is 2.33. The van der Waals surface area contributed by atoms with Crippen LogP contribution in [0.4, 0.5) is 0 Å². The van der Waals surface area contributed by atoms with Crippen molar-refractivity contribution < 1.29 is 19.8 Å². The summed E-state index contributed by atoms with van der Waals surface area (Å²) in [5.41, 5.74) is 0. The van der Waals surface area contributed by atoms with E-state index in [2.05, 4.69) is 11.2 Å². The molecule has 1 aliphatic heterocycles. The monoisotopic (exact) mass is 324 g/mol. The van der Waals surface area contributed by atoms with Crippen LogP contribution in [0.1, 0.15) is 51.4 Å². The van der Waals surface area contributed by atoms with Gasteiger partial charge in [-0.25, -0.2) is 0 Å². The average molecular weight is 324 g/mol. The standard InChI is InChI=1S/C17H28N2O4/c1-2-3-5-8-16(22)18-10-7-4-6-9-17(23)19-12-15(21)11-14(19)13-20/h1,14-15,20-21H,3-13H2,(H,18,22)/t14-,15+/m0/s1. The lowest BCUT2D eigenvalue weighted by atomic mass is 10.1. The third-order valence-electron chi connectivity index (χ3n) is 4.04. The maximum atomic E-state index is 12.1. The molecule has 1 rings (SSSR count). The number of likely N-dealkylation sites (tertiary alicyclic amines) is 1. The van der Waals surface area contributed by atoms with E-state index in [0.29, 0.717) is 45.2 Å². The van der Waals surface area contributed by atoms with E-state index in [-0.39, 0.29) is 24.5 Å². The van der Waals surface area contributed by atoms with E-state index in [1.54, 1.807) is 4.90 Å². The Labute approximate surface area is 138 Å². The van der Waals surface area contributed by atoms with Crippen LogP contribution in [-0.2, 0) is 9.59 Å². The van der Waals surface area contributed by atoms with Gasteiger partial charge in [-0.15, -0.1) is 12.3 Å². The van der Waals surface area contributed by atoms with Crippen molar-refractivity contribution in [1.82, 2.24) is 10.2 Å². The van der Waals surface area contributed by atoms with Crippen LogP contribution < -0.4 is 5.32 Å². The number of nitrogens with zero attached hydrogens (tertiary/aromatic N) is 1. The van der Waals surface area contributed by atoms with Gasteiger partial charge in [-0.05, 0) is 25.7 Å². The summed E-state index contributed by atoms with van der Waals surface area (Å²) in [7, 11) is 0. The SMILES string of the molecule is C#CCCCC(=O)NCCCCCC(=O)N1C[C@H](O)C[C@H]1CO. The molecule has 1 fully saturated rings. The Morgan fingerprint density at radius 3 is 2.70 bits per heavy atom. The van der Waals surface area contributed by atoms with Gasteiger partial charge >= 0.3 is 0 Å². The van der Waals surface area contributed by atoms with Crippen molar-refractivity contribution in [3.63, 3.8) is 0 Å². The quantitative estimate of drug-likeness (QED) is 0.401. The number of amides is 2. The van der Waals surface area contributed by atoms with E-state index in [4.69, 9.17) is 6.42 Å². The predicted octanol–water partition coefficient (Wildman–Crippen LogP) is 0.421. The number of unbranched alkanes of at least 4 members (excludes halogenated alkanes) is 3. The minimum Gasteiger partial charge on any atom is -0.394 e. The van der Waals surface area contributed by atoms with Crippen molar-refractivity contribution in [3.8, 4) is 12.3 Å². The molecule has 3 N–H and O–H groups in total. The zero-order valence-electron chi connectivity index (χ0n) is 13.7. The van der Waals surface area contributed by atoms with E-state index in [1.807, 2.05) is 0 Å². The van der Waals surface area contributed by atoms with Crippen LogP contribution >= 0.6 is 0 Å². The molecule has 0 aromatic carbocycles. The minimum atomic E-state index is -0.527. The van der Waals surface area contributed by atoms with Gasteiger partial charge in [0.25, 0.3) is 0 Å². The zero-order chi connectivity index (χ0) is 17.1. The van der Waals surface area contributed by atoms with Crippen LogP contribution in [0.15, 0.2) is 0 Å². The molecular formula is C17H28N2O4. The summed E-state index contributed by atoms with van der Waals surface area (Å²) in [5.74, 6) is 2.51. The number of hydrogen-bond acceptors (Lipinski definition) is 4. The van der Waals surface area contributed by atoms with E-state index in [0.717, 1.165) is 19.3 Å². The van der Waals surface area contributed by atoms with Crippen molar-refractivity contribution in [1.29, 1.82) is 0 Å². The second-order valence-electron chi connectivity index (χ2n) is 5.99. The molecule has 0 bridgehead atoms. The fraction of sp³-hybridized carbons (Fsp3) is 0.765. The highest BCUT2D eigenvalue weighted by atomic mass is 16.3. The molecule has 2 amide bonds. The summed E-state index contributed by atoms with van der Waals surface area (Å²) in [5, 5.41) is 21.6. The Hall–Kier alpha value is -1.58. The van der Waals surface area contributed by atoms with Crippen molar-refractivity contribution in [2.75, 3.05) is 19.7 Å². The van der Waals surface area contributed by atoms with Crippen molar-refractivity contribution >= 4 is 11.8 Å². The Balaban J connectivity index is 2.05. The van der Waals surface area contributed by atoms with E-state index in [1.165, 1.54) is 0 Å². The van der Waals surface area contributed by atoms with E-state index < -0.39 is 6.10 Å². The summed E-state index contributed by atoms with van der Waals surface area (Å²) in [6.45, 7) is 0.830. The average Bonchev–Trinajstić information content (AvgIpc) is 2.92. The molecule has 0 radical (unpaired) electrons. The highest BCUT2D eigenvalue weighted by Crippen LogP contribution is 2.19. The normalized spacial score (nSPS) is 20.3. The first-order valence-electron chi connectivity index (χ1n) is 8.37. The molecule has 0 aromatic heterocycles. The number of aliphatic hydroxyl groups is 2. The van der Waals surface area contributed by atoms with Crippen LogP contribution in [0.3, 0.4) is 0 Å². The Kier molecular flexibility index (Phi) is 9.34. The van der Waals surface area contributed by atoms with E-state index >= 15 is 0 Å². The molecule has 0 saturated carbocycles. The molecule has 0 spiro atoms. The molecule has 6 heteroatoms. The molecule has 1 heterocycles. The Morgan fingerprint density at radius 2 is 2.00 bits per heavy atom. The molecule has 1 aliphatic rings. The maximum absolute atomic E-state index is 12.1. The molecule has 0 aliphatic carbocycles. The lowest BCUT2D eigenvalue weighted by Gasteiger charge is -2.22. The number of nitrogens with one attached hydrogen (secondary N) is 1. The van der Waals surface area contributed by atoms with Crippen LogP contribution in [-0.4, -0.2) is 58.8 Å². The van der Waals surface area contributed by atoms with Crippen molar-refractivity contribution in [2.45, 2.75) is 63.5 Å². The van der Waals surface area contributed by atoms with Crippen LogP contribution in [0.5, 0.6) is 0 Å². The zero-order valence-corrected chi connectivity index (χ0v) is 13.7. The number of rotatable bonds is 10.